The Kier molecular flexibility index (Phi) is 5.48. The van der Waals surface area contributed by atoms with Gasteiger partial charge in [0.2, 0.25) is 0 Å². The smallest absolute Gasteiger partial charge is 0.119 e. The Balaban J connectivity index is 1.92. The van der Waals surface area contributed by atoms with Crippen molar-refractivity contribution in [3.63, 3.8) is 0 Å². The molecule has 106 valence electrons. The van der Waals surface area contributed by atoms with Crippen LogP contribution in [0.4, 0.5) is 5.69 Å². The first kappa shape index (κ1) is 14.2. The molecule has 0 radical (unpaired) electrons. The number of hydrogen-bond acceptors (Lipinski definition) is 4. The maximum absolute atomic E-state index is 8.87. The fraction of sp³-hybridized carbons (Fsp3) is 0.600. The van der Waals surface area contributed by atoms with E-state index in [0.717, 1.165) is 18.8 Å². The summed E-state index contributed by atoms with van der Waals surface area (Å²) < 4.78 is 5.46. The largest absolute Gasteiger partial charge is 0.494 e. The van der Waals surface area contributed by atoms with Crippen LogP contribution in [0.15, 0.2) is 24.3 Å². The fourth-order valence-electron chi connectivity index (χ4n) is 2.57. The summed E-state index contributed by atoms with van der Waals surface area (Å²) in [7, 11) is 0. The van der Waals surface area contributed by atoms with Crippen LogP contribution in [0.1, 0.15) is 19.8 Å². The van der Waals surface area contributed by atoms with Crippen molar-refractivity contribution in [3.8, 4) is 5.75 Å². The van der Waals surface area contributed by atoms with Crippen molar-refractivity contribution in [3.05, 3.63) is 24.3 Å². The molecule has 2 rings (SSSR count). The highest BCUT2D eigenvalue weighted by Crippen LogP contribution is 2.22. The van der Waals surface area contributed by atoms with Gasteiger partial charge in [-0.3, -0.25) is 0 Å². The standard InChI is InChI=1S/C15H24N2O2/c1-2-19-15-7-5-14(6-8-15)17-10-3-4-13(12-17)16-9-11-18/h5-8,13,16,18H,2-4,9-12H2,1H3. The van der Waals surface area contributed by atoms with E-state index in [-0.39, 0.29) is 6.61 Å². The lowest BCUT2D eigenvalue weighted by Crippen LogP contribution is -2.46. The summed E-state index contributed by atoms with van der Waals surface area (Å²) in [6, 6.07) is 8.79. The van der Waals surface area contributed by atoms with E-state index in [1.165, 1.54) is 18.5 Å². The Morgan fingerprint density at radius 2 is 2.16 bits per heavy atom. The summed E-state index contributed by atoms with van der Waals surface area (Å²) in [5.41, 5.74) is 1.25. The highest BCUT2D eigenvalue weighted by atomic mass is 16.5. The predicted octanol–water partition coefficient (Wildman–Crippen LogP) is 1.64. The van der Waals surface area contributed by atoms with Gasteiger partial charge < -0.3 is 20.1 Å². The lowest BCUT2D eigenvalue weighted by molar-refractivity contribution is 0.278. The van der Waals surface area contributed by atoms with Crippen LogP contribution >= 0.6 is 0 Å². The summed E-state index contributed by atoms with van der Waals surface area (Å²) in [4.78, 5) is 2.40. The fourth-order valence-corrected chi connectivity index (χ4v) is 2.57. The minimum Gasteiger partial charge on any atom is -0.494 e. The molecule has 1 aliphatic heterocycles. The van der Waals surface area contributed by atoms with Crippen LogP contribution in [0.3, 0.4) is 0 Å². The molecule has 0 aliphatic carbocycles. The highest BCUT2D eigenvalue weighted by molar-refractivity contribution is 5.49. The number of anilines is 1. The molecule has 1 saturated heterocycles. The third-order valence-corrected chi connectivity index (χ3v) is 3.48. The van der Waals surface area contributed by atoms with Crippen LogP contribution in [-0.4, -0.2) is 44.0 Å². The Labute approximate surface area is 115 Å². The average molecular weight is 264 g/mol. The van der Waals surface area contributed by atoms with Crippen molar-refractivity contribution >= 4 is 5.69 Å². The van der Waals surface area contributed by atoms with Gasteiger partial charge in [-0.1, -0.05) is 0 Å². The van der Waals surface area contributed by atoms with Crippen molar-refractivity contribution in [2.45, 2.75) is 25.8 Å². The van der Waals surface area contributed by atoms with Crippen molar-refractivity contribution in [2.75, 3.05) is 37.7 Å². The van der Waals surface area contributed by atoms with Gasteiger partial charge in [0.05, 0.1) is 13.2 Å². The highest BCUT2D eigenvalue weighted by Gasteiger charge is 2.19. The number of nitrogens with zero attached hydrogens (tertiary/aromatic N) is 1. The number of ether oxygens (including phenoxy) is 1. The molecule has 2 N–H and O–H groups in total. The summed E-state index contributed by atoms with van der Waals surface area (Å²) in [5.74, 6) is 0.929. The number of piperidine rings is 1. The van der Waals surface area contributed by atoms with Gasteiger partial charge in [-0.25, -0.2) is 0 Å². The molecule has 1 fully saturated rings. The van der Waals surface area contributed by atoms with E-state index in [1.54, 1.807) is 0 Å². The number of benzene rings is 1. The van der Waals surface area contributed by atoms with Gasteiger partial charge in [-0.15, -0.1) is 0 Å². The molecule has 0 aromatic heterocycles. The minimum atomic E-state index is 0.208. The Bertz CT molecular complexity index is 367. The monoisotopic (exact) mass is 264 g/mol. The van der Waals surface area contributed by atoms with Crippen LogP contribution in [0.2, 0.25) is 0 Å². The van der Waals surface area contributed by atoms with E-state index in [1.807, 2.05) is 19.1 Å². The van der Waals surface area contributed by atoms with Crippen molar-refractivity contribution in [1.29, 1.82) is 0 Å². The number of nitrogens with one attached hydrogen (secondary N) is 1. The molecular weight excluding hydrogens is 240 g/mol. The minimum absolute atomic E-state index is 0.208. The molecule has 1 aliphatic rings. The van der Waals surface area contributed by atoms with Gasteiger partial charge in [0, 0.05) is 31.4 Å². The first-order chi connectivity index (χ1) is 9.33. The van der Waals surface area contributed by atoms with Gasteiger partial charge in [0.25, 0.3) is 0 Å². The molecule has 0 spiro atoms. The molecule has 19 heavy (non-hydrogen) atoms. The molecule has 4 nitrogen and oxygen atoms in total. The molecule has 1 heterocycles. The number of hydrogen-bond donors (Lipinski definition) is 2. The average Bonchev–Trinajstić information content (AvgIpc) is 2.46. The van der Waals surface area contributed by atoms with Crippen LogP contribution in [0.25, 0.3) is 0 Å². The van der Waals surface area contributed by atoms with Crippen LogP contribution in [0, 0.1) is 0 Å². The Hall–Kier alpha value is -1.26. The van der Waals surface area contributed by atoms with Gasteiger partial charge in [-0.05, 0) is 44.0 Å². The third-order valence-electron chi connectivity index (χ3n) is 3.48. The zero-order valence-electron chi connectivity index (χ0n) is 11.6. The van der Waals surface area contributed by atoms with E-state index in [0.29, 0.717) is 19.2 Å². The van der Waals surface area contributed by atoms with Crippen molar-refractivity contribution in [1.82, 2.24) is 5.32 Å². The number of rotatable bonds is 6. The summed E-state index contributed by atoms with van der Waals surface area (Å²) in [6.45, 7) is 5.70. The molecule has 1 aromatic rings. The summed E-state index contributed by atoms with van der Waals surface area (Å²) >= 11 is 0. The lowest BCUT2D eigenvalue weighted by atomic mass is 10.0. The Morgan fingerprint density at radius 1 is 1.37 bits per heavy atom. The van der Waals surface area contributed by atoms with Gasteiger partial charge in [-0.2, -0.15) is 0 Å². The van der Waals surface area contributed by atoms with E-state index >= 15 is 0 Å². The quantitative estimate of drug-likeness (QED) is 0.820. The summed E-state index contributed by atoms with van der Waals surface area (Å²) in [6.07, 6.45) is 2.38. The zero-order valence-corrected chi connectivity index (χ0v) is 11.6. The molecule has 0 bridgehead atoms. The molecule has 1 aromatic carbocycles. The first-order valence-corrected chi connectivity index (χ1v) is 7.15. The molecular formula is C15H24N2O2. The van der Waals surface area contributed by atoms with Gasteiger partial charge >= 0.3 is 0 Å². The zero-order chi connectivity index (χ0) is 13.5. The second-order valence-electron chi connectivity index (χ2n) is 4.89. The summed E-state index contributed by atoms with van der Waals surface area (Å²) in [5, 5.41) is 12.3. The second kappa shape index (κ2) is 7.36. The number of aliphatic hydroxyl groups is 1. The molecule has 4 heteroatoms. The van der Waals surface area contributed by atoms with Crippen LogP contribution in [-0.2, 0) is 0 Å². The maximum Gasteiger partial charge on any atom is 0.119 e. The first-order valence-electron chi connectivity index (χ1n) is 7.15. The third kappa shape index (κ3) is 4.11. The van der Waals surface area contributed by atoms with Crippen LogP contribution < -0.4 is 15.0 Å². The van der Waals surface area contributed by atoms with E-state index in [4.69, 9.17) is 9.84 Å². The van der Waals surface area contributed by atoms with Crippen molar-refractivity contribution in [2.24, 2.45) is 0 Å². The van der Waals surface area contributed by atoms with Crippen LogP contribution in [0.5, 0.6) is 5.75 Å². The number of aliphatic hydroxyl groups excluding tert-OH is 1. The SMILES string of the molecule is CCOc1ccc(N2CCCC(NCCO)C2)cc1. The van der Waals surface area contributed by atoms with Gasteiger partial charge in [0.1, 0.15) is 5.75 Å². The molecule has 0 amide bonds. The molecule has 1 atom stereocenters. The van der Waals surface area contributed by atoms with E-state index < -0.39 is 0 Å². The lowest BCUT2D eigenvalue weighted by Gasteiger charge is -2.35. The Morgan fingerprint density at radius 3 is 2.84 bits per heavy atom. The van der Waals surface area contributed by atoms with E-state index in [9.17, 15) is 0 Å². The predicted molar refractivity (Wildman–Crippen MR) is 77.9 cm³/mol. The molecule has 1 unspecified atom stereocenters. The van der Waals surface area contributed by atoms with E-state index in [2.05, 4.69) is 22.3 Å². The molecule has 0 saturated carbocycles. The second-order valence-corrected chi connectivity index (χ2v) is 4.89. The van der Waals surface area contributed by atoms with Gasteiger partial charge in [0.15, 0.2) is 0 Å². The normalized spacial score (nSPS) is 19.5. The van der Waals surface area contributed by atoms with Crippen molar-refractivity contribution < 1.29 is 9.84 Å². The maximum atomic E-state index is 8.87. The topological polar surface area (TPSA) is 44.7 Å².